The van der Waals surface area contributed by atoms with Gasteiger partial charge in [-0.2, -0.15) is 5.10 Å². The van der Waals surface area contributed by atoms with Crippen LogP contribution in [-0.2, 0) is 0 Å². The molecule has 1 fully saturated rings. The van der Waals surface area contributed by atoms with Crippen LogP contribution in [0.5, 0.6) is 0 Å². The number of nitrogens with zero attached hydrogens (tertiary/aromatic N) is 2. The molecule has 0 saturated heterocycles. The summed E-state index contributed by atoms with van der Waals surface area (Å²) in [5.74, 6) is 0.682. The summed E-state index contributed by atoms with van der Waals surface area (Å²) in [6.07, 6.45) is 7.26. The maximum absolute atomic E-state index is 5.68. The van der Waals surface area contributed by atoms with E-state index in [9.17, 15) is 0 Å². The summed E-state index contributed by atoms with van der Waals surface area (Å²) < 4.78 is 2.04. The number of nitrogen functional groups attached to an aromatic ring is 1. The second-order valence-electron chi connectivity index (χ2n) is 3.62. The molecule has 1 aromatic heterocycles. The van der Waals surface area contributed by atoms with Gasteiger partial charge in [-0.3, -0.25) is 4.68 Å². The molecule has 1 heterocycles. The fourth-order valence-electron chi connectivity index (χ4n) is 1.85. The van der Waals surface area contributed by atoms with Crippen LogP contribution >= 0.6 is 12.4 Å². The number of aromatic nitrogens is 2. The van der Waals surface area contributed by atoms with Gasteiger partial charge in [0.25, 0.3) is 0 Å². The Morgan fingerprint density at radius 3 is 2.54 bits per heavy atom. The van der Waals surface area contributed by atoms with Crippen LogP contribution < -0.4 is 5.73 Å². The van der Waals surface area contributed by atoms with Crippen molar-refractivity contribution in [1.82, 2.24) is 9.78 Å². The lowest BCUT2D eigenvalue weighted by molar-refractivity contribution is 0.468. The molecule has 0 atom stereocenters. The maximum atomic E-state index is 5.68. The van der Waals surface area contributed by atoms with E-state index < -0.39 is 0 Å². The molecule has 0 radical (unpaired) electrons. The van der Waals surface area contributed by atoms with Crippen molar-refractivity contribution in [1.29, 1.82) is 0 Å². The van der Waals surface area contributed by atoms with Crippen LogP contribution in [0.15, 0.2) is 6.20 Å². The van der Waals surface area contributed by atoms with E-state index in [4.69, 9.17) is 5.73 Å². The zero-order chi connectivity index (χ0) is 8.55. The van der Waals surface area contributed by atoms with Gasteiger partial charge < -0.3 is 5.73 Å². The normalized spacial score (nSPS) is 17.3. The Bertz CT molecular complexity index is 257. The van der Waals surface area contributed by atoms with Gasteiger partial charge in [0, 0.05) is 11.8 Å². The molecule has 0 spiro atoms. The number of rotatable bonds is 1. The third-order valence-corrected chi connectivity index (χ3v) is 2.65. The van der Waals surface area contributed by atoms with Crippen molar-refractivity contribution in [3.05, 3.63) is 11.8 Å². The van der Waals surface area contributed by atoms with Crippen LogP contribution in [0.4, 0.5) is 5.82 Å². The van der Waals surface area contributed by atoms with Crippen molar-refractivity contribution >= 4 is 18.2 Å². The number of nitrogens with two attached hydrogens (primary N) is 1. The van der Waals surface area contributed by atoms with Crippen molar-refractivity contribution in [3.63, 3.8) is 0 Å². The number of anilines is 1. The Labute approximate surface area is 84.7 Å². The third kappa shape index (κ3) is 1.97. The summed E-state index contributed by atoms with van der Waals surface area (Å²) in [5, 5.41) is 4.29. The van der Waals surface area contributed by atoms with Crippen LogP contribution in [0.3, 0.4) is 0 Å². The topological polar surface area (TPSA) is 43.8 Å². The van der Waals surface area contributed by atoms with Gasteiger partial charge in [0.05, 0.1) is 6.04 Å². The van der Waals surface area contributed by atoms with Crippen molar-refractivity contribution in [3.8, 4) is 0 Å². The van der Waals surface area contributed by atoms with Crippen LogP contribution in [0.25, 0.3) is 0 Å². The molecule has 1 aromatic rings. The van der Waals surface area contributed by atoms with Crippen molar-refractivity contribution in [2.45, 2.75) is 38.6 Å². The van der Waals surface area contributed by atoms with Gasteiger partial charge in [-0.1, -0.05) is 12.8 Å². The first-order valence-electron chi connectivity index (χ1n) is 4.58. The highest BCUT2D eigenvalue weighted by Crippen LogP contribution is 2.29. The highest BCUT2D eigenvalue weighted by Gasteiger charge is 2.17. The van der Waals surface area contributed by atoms with Crippen LogP contribution in [0, 0.1) is 6.92 Å². The number of hydrogen-bond acceptors (Lipinski definition) is 2. The van der Waals surface area contributed by atoms with Crippen LogP contribution in [0.1, 0.15) is 37.3 Å². The predicted molar refractivity (Wildman–Crippen MR) is 56.1 cm³/mol. The van der Waals surface area contributed by atoms with Gasteiger partial charge in [-0.05, 0) is 19.8 Å². The van der Waals surface area contributed by atoms with E-state index in [1.165, 1.54) is 25.7 Å². The first-order valence-corrected chi connectivity index (χ1v) is 4.58. The largest absolute Gasteiger partial charge is 0.382 e. The van der Waals surface area contributed by atoms with E-state index in [0.29, 0.717) is 11.9 Å². The SMILES string of the molecule is Cc1cn(C2CCCC2)nc1N.Cl. The molecular formula is C9H16ClN3. The first-order chi connectivity index (χ1) is 5.77. The second-order valence-corrected chi connectivity index (χ2v) is 3.62. The van der Waals surface area contributed by atoms with Crippen molar-refractivity contribution in [2.24, 2.45) is 0 Å². The molecule has 1 saturated carbocycles. The maximum Gasteiger partial charge on any atom is 0.148 e. The minimum absolute atomic E-state index is 0. The van der Waals surface area contributed by atoms with Gasteiger partial charge in [0.15, 0.2) is 0 Å². The molecule has 1 aliphatic rings. The number of halogens is 1. The Morgan fingerprint density at radius 1 is 1.46 bits per heavy atom. The molecule has 2 rings (SSSR count). The smallest absolute Gasteiger partial charge is 0.148 e. The van der Waals surface area contributed by atoms with E-state index in [0.717, 1.165) is 5.56 Å². The molecule has 3 nitrogen and oxygen atoms in total. The first kappa shape index (κ1) is 10.4. The molecule has 0 bridgehead atoms. The number of aryl methyl sites for hydroxylation is 1. The fourth-order valence-corrected chi connectivity index (χ4v) is 1.85. The fraction of sp³-hybridized carbons (Fsp3) is 0.667. The molecule has 1 aliphatic carbocycles. The lowest BCUT2D eigenvalue weighted by Crippen LogP contribution is -2.05. The molecule has 0 unspecified atom stereocenters. The summed E-state index contributed by atoms with van der Waals surface area (Å²) >= 11 is 0. The molecule has 2 N–H and O–H groups in total. The molecule has 0 aliphatic heterocycles. The monoisotopic (exact) mass is 201 g/mol. The Kier molecular flexibility index (Phi) is 3.20. The van der Waals surface area contributed by atoms with E-state index in [-0.39, 0.29) is 12.4 Å². The third-order valence-electron chi connectivity index (χ3n) is 2.65. The van der Waals surface area contributed by atoms with E-state index in [2.05, 4.69) is 11.3 Å². The quantitative estimate of drug-likeness (QED) is 0.758. The Balaban J connectivity index is 0.000000845. The minimum Gasteiger partial charge on any atom is -0.382 e. The summed E-state index contributed by atoms with van der Waals surface area (Å²) in [6.45, 7) is 2.01. The predicted octanol–water partition coefficient (Wildman–Crippen LogP) is 2.31. The van der Waals surface area contributed by atoms with Crippen molar-refractivity contribution < 1.29 is 0 Å². The minimum atomic E-state index is 0. The average Bonchev–Trinajstić information content (AvgIpc) is 2.61. The Hall–Kier alpha value is -0.700. The zero-order valence-corrected chi connectivity index (χ0v) is 8.68. The summed E-state index contributed by atoms with van der Waals surface area (Å²) in [4.78, 5) is 0. The standard InChI is InChI=1S/C9H15N3.ClH/c1-7-6-12(11-9(7)10)8-4-2-3-5-8;/h6,8H,2-5H2,1H3,(H2,10,11);1H. The summed E-state index contributed by atoms with van der Waals surface area (Å²) in [7, 11) is 0. The molecule has 0 aromatic carbocycles. The highest BCUT2D eigenvalue weighted by atomic mass is 35.5. The molecule has 4 heteroatoms. The molecular weight excluding hydrogens is 186 g/mol. The van der Waals surface area contributed by atoms with Crippen LogP contribution in [-0.4, -0.2) is 9.78 Å². The lowest BCUT2D eigenvalue weighted by Gasteiger charge is -2.08. The van der Waals surface area contributed by atoms with Crippen LogP contribution in [0.2, 0.25) is 0 Å². The van der Waals surface area contributed by atoms with E-state index >= 15 is 0 Å². The van der Waals surface area contributed by atoms with Gasteiger partial charge in [0.1, 0.15) is 5.82 Å². The molecule has 74 valence electrons. The average molecular weight is 202 g/mol. The summed E-state index contributed by atoms with van der Waals surface area (Å²) in [6, 6.07) is 0.612. The second kappa shape index (κ2) is 4.01. The van der Waals surface area contributed by atoms with Gasteiger partial charge in [0.2, 0.25) is 0 Å². The zero-order valence-electron chi connectivity index (χ0n) is 7.86. The van der Waals surface area contributed by atoms with Gasteiger partial charge >= 0.3 is 0 Å². The summed E-state index contributed by atoms with van der Waals surface area (Å²) in [5.41, 5.74) is 6.78. The molecule has 13 heavy (non-hydrogen) atoms. The molecule has 0 amide bonds. The Morgan fingerprint density at radius 2 is 2.08 bits per heavy atom. The van der Waals surface area contributed by atoms with Gasteiger partial charge in [-0.25, -0.2) is 0 Å². The highest BCUT2D eigenvalue weighted by molar-refractivity contribution is 5.85. The van der Waals surface area contributed by atoms with Crippen molar-refractivity contribution in [2.75, 3.05) is 5.73 Å². The lowest BCUT2D eigenvalue weighted by atomic mass is 10.2. The van der Waals surface area contributed by atoms with Gasteiger partial charge in [-0.15, -0.1) is 12.4 Å². The van der Waals surface area contributed by atoms with E-state index in [1.54, 1.807) is 0 Å². The number of hydrogen-bond donors (Lipinski definition) is 1. The van der Waals surface area contributed by atoms with E-state index in [1.807, 2.05) is 11.6 Å².